The summed E-state index contributed by atoms with van der Waals surface area (Å²) < 4.78 is 5.41. The normalized spacial score (nSPS) is 31.6. The van der Waals surface area contributed by atoms with Gasteiger partial charge >= 0.3 is 6.03 Å². The van der Waals surface area contributed by atoms with Gasteiger partial charge in [-0.1, -0.05) is 55.3 Å². The van der Waals surface area contributed by atoms with Crippen LogP contribution in [0.15, 0.2) is 48.6 Å². The first-order chi connectivity index (χ1) is 19.7. The lowest BCUT2D eigenvalue weighted by atomic mass is 9.75. The van der Waals surface area contributed by atoms with Gasteiger partial charge in [0.25, 0.3) is 0 Å². The molecule has 1 saturated carbocycles. The first-order valence-electron chi connectivity index (χ1n) is 15.5. The Morgan fingerprint density at radius 2 is 1.88 bits per heavy atom. The van der Waals surface area contributed by atoms with Gasteiger partial charge in [-0.15, -0.1) is 0 Å². The number of carbonyl (C=O) groups excluding carboxylic acids is 2. The Morgan fingerprint density at radius 3 is 2.73 bits per heavy atom. The molecule has 3 aliphatic heterocycles. The van der Waals surface area contributed by atoms with Crippen LogP contribution in [0.25, 0.3) is 0 Å². The molecule has 216 valence electrons. The number of ether oxygens (including phenoxy) is 1. The van der Waals surface area contributed by atoms with Gasteiger partial charge in [0.2, 0.25) is 5.91 Å². The van der Waals surface area contributed by atoms with E-state index in [1.807, 2.05) is 0 Å². The van der Waals surface area contributed by atoms with E-state index in [2.05, 4.69) is 74.3 Å². The van der Waals surface area contributed by atoms with E-state index in [1.165, 1.54) is 5.56 Å². The first kappa shape index (κ1) is 27.3. The van der Waals surface area contributed by atoms with E-state index in [-0.39, 0.29) is 29.9 Å². The van der Waals surface area contributed by atoms with E-state index in [0.717, 1.165) is 90.0 Å². The number of urea groups is 1. The van der Waals surface area contributed by atoms with Crippen molar-refractivity contribution in [2.45, 2.75) is 63.1 Å². The molecule has 3 heterocycles. The number of para-hydroxylation sites is 1. The lowest BCUT2D eigenvalue weighted by molar-refractivity contribution is -0.138. The number of allylic oxidation sites excluding steroid dienone is 3. The number of nitrogens with one attached hydrogen (secondary N) is 3. The van der Waals surface area contributed by atoms with E-state index in [1.54, 1.807) is 0 Å². The highest BCUT2D eigenvalue weighted by atomic mass is 16.5. The molecule has 2 saturated heterocycles. The lowest BCUT2D eigenvalue weighted by Crippen LogP contribution is -2.52. The van der Waals surface area contributed by atoms with E-state index in [9.17, 15) is 9.59 Å². The minimum absolute atomic E-state index is 0.0887. The number of anilines is 1. The molecule has 3 fully saturated rings. The molecule has 2 aliphatic carbocycles. The van der Waals surface area contributed by atoms with Gasteiger partial charge in [-0.3, -0.25) is 9.69 Å². The zero-order valence-electron chi connectivity index (χ0n) is 23.6. The third kappa shape index (κ3) is 5.93. The number of nitrogens with zero attached hydrogens (tertiary/aromatic N) is 2. The molecular formula is C32H45N5O3. The highest BCUT2D eigenvalue weighted by Gasteiger charge is 2.49. The van der Waals surface area contributed by atoms with Crippen molar-refractivity contribution < 1.29 is 14.3 Å². The minimum Gasteiger partial charge on any atom is -0.381 e. The summed E-state index contributed by atoms with van der Waals surface area (Å²) in [7, 11) is 0. The predicted molar refractivity (Wildman–Crippen MR) is 157 cm³/mol. The Hall–Kier alpha value is -2.84. The summed E-state index contributed by atoms with van der Waals surface area (Å²) in [5, 5.41) is 10.1. The maximum absolute atomic E-state index is 14.3. The van der Waals surface area contributed by atoms with Gasteiger partial charge in [0.15, 0.2) is 0 Å². The van der Waals surface area contributed by atoms with Gasteiger partial charge in [-0.2, -0.15) is 0 Å². The number of rotatable bonds is 7. The third-order valence-corrected chi connectivity index (χ3v) is 9.71. The quantitative estimate of drug-likeness (QED) is 0.448. The number of hydrogen-bond acceptors (Lipinski definition) is 5. The van der Waals surface area contributed by atoms with E-state index < -0.39 is 0 Å². The number of morpholine rings is 1. The Balaban J connectivity index is 1.10. The Labute approximate surface area is 238 Å². The van der Waals surface area contributed by atoms with Gasteiger partial charge in [0, 0.05) is 55.8 Å². The van der Waals surface area contributed by atoms with Crippen molar-refractivity contribution >= 4 is 17.6 Å². The molecule has 8 heteroatoms. The summed E-state index contributed by atoms with van der Waals surface area (Å²) in [5.41, 5.74) is 2.40. The van der Waals surface area contributed by atoms with Gasteiger partial charge in [-0.05, 0) is 50.3 Å². The number of amides is 3. The van der Waals surface area contributed by atoms with Crippen molar-refractivity contribution in [2.75, 3.05) is 51.3 Å². The molecule has 1 aromatic carbocycles. The maximum atomic E-state index is 14.3. The van der Waals surface area contributed by atoms with Gasteiger partial charge in [0.05, 0.1) is 25.2 Å². The molecule has 6 rings (SSSR count). The molecule has 0 bridgehead atoms. The van der Waals surface area contributed by atoms with Crippen LogP contribution in [0, 0.1) is 17.8 Å². The second-order valence-electron chi connectivity index (χ2n) is 12.1. The van der Waals surface area contributed by atoms with Gasteiger partial charge < -0.3 is 25.6 Å². The summed E-state index contributed by atoms with van der Waals surface area (Å²) in [6.07, 6.45) is 15.6. The molecule has 8 nitrogen and oxygen atoms in total. The highest BCUT2D eigenvalue weighted by molar-refractivity contribution is 5.82. The van der Waals surface area contributed by atoms with Crippen LogP contribution in [-0.2, 0) is 9.53 Å². The number of fused-ring (bicyclic) bond motifs is 3. The van der Waals surface area contributed by atoms with Crippen LogP contribution in [0.1, 0.15) is 56.6 Å². The summed E-state index contributed by atoms with van der Waals surface area (Å²) >= 11 is 0. The van der Waals surface area contributed by atoms with Gasteiger partial charge in [0.1, 0.15) is 0 Å². The summed E-state index contributed by atoms with van der Waals surface area (Å²) in [6.45, 7) is 5.90. The smallest absolute Gasteiger partial charge is 0.315 e. The molecule has 1 aromatic rings. The van der Waals surface area contributed by atoms with Crippen LogP contribution in [0.5, 0.6) is 0 Å². The van der Waals surface area contributed by atoms with Crippen molar-refractivity contribution in [3.05, 3.63) is 54.1 Å². The molecule has 3 N–H and O–H groups in total. The molecule has 0 radical (unpaired) electrons. The summed E-state index contributed by atoms with van der Waals surface area (Å²) in [6, 6.07) is 8.68. The fraction of sp³-hybridized carbons (Fsp3) is 0.625. The predicted octanol–water partition coefficient (Wildman–Crippen LogP) is 4.08. The van der Waals surface area contributed by atoms with Crippen LogP contribution >= 0.6 is 0 Å². The highest BCUT2D eigenvalue weighted by Crippen LogP contribution is 2.49. The van der Waals surface area contributed by atoms with Crippen molar-refractivity contribution in [2.24, 2.45) is 17.8 Å². The lowest BCUT2D eigenvalue weighted by Gasteiger charge is -2.44. The van der Waals surface area contributed by atoms with E-state index in [4.69, 9.17) is 4.74 Å². The van der Waals surface area contributed by atoms with Crippen molar-refractivity contribution in [3.63, 3.8) is 0 Å². The van der Waals surface area contributed by atoms with Crippen molar-refractivity contribution in [3.8, 4) is 0 Å². The zero-order valence-corrected chi connectivity index (χ0v) is 23.6. The summed E-state index contributed by atoms with van der Waals surface area (Å²) in [5.74, 6) is 0.866. The molecule has 1 unspecified atom stereocenters. The fourth-order valence-corrected chi connectivity index (χ4v) is 7.66. The van der Waals surface area contributed by atoms with Crippen LogP contribution in [0.4, 0.5) is 10.5 Å². The number of carbonyl (C=O) groups is 2. The van der Waals surface area contributed by atoms with Crippen LogP contribution in [-0.4, -0.2) is 79.8 Å². The molecule has 40 heavy (non-hydrogen) atoms. The van der Waals surface area contributed by atoms with Crippen molar-refractivity contribution in [1.82, 2.24) is 20.4 Å². The standard InChI is InChI=1S/C32H45N5O3/c38-31(25-12-5-7-14-28(25)35-32(39)33-16-8-17-36-19-21-40-22-20-36)37-18-15-26-29(23-9-2-1-3-10-23)34-27-13-6-4-11-24(27)30(26)37/h1-4,6,9,11,13,23,25-26,28-30,34H,5,7-8,10,12,14-22H2,(H2,33,35,39)/t23?,25-,26+,28+,29-,30-/m0/s1. The minimum atomic E-state index is -0.162. The molecule has 0 aromatic heterocycles. The first-order valence-corrected chi connectivity index (χ1v) is 15.5. The summed E-state index contributed by atoms with van der Waals surface area (Å²) in [4.78, 5) is 31.7. The molecular weight excluding hydrogens is 502 g/mol. The number of hydrogen-bond donors (Lipinski definition) is 3. The average molecular weight is 548 g/mol. The van der Waals surface area contributed by atoms with Crippen LogP contribution in [0.3, 0.4) is 0 Å². The molecule has 3 amide bonds. The Kier molecular flexibility index (Phi) is 8.73. The second-order valence-corrected chi connectivity index (χ2v) is 12.1. The maximum Gasteiger partial charge on any atom is 0.315 e. The Morgan fingerprint density at radius 1 is 1.02 bits per heavy atom. The second kappa shape index (κ2) is 12.8. The largest absolute Gasteiger partial charge is 0.381 e. The van der Waals surface area contributed by atoms with Crippen LogP contribution in [0.2, 0.25) is 0 Å². The SMILES string of the molecule is O=C(NCCCN1CCOCC1)N[C@@H]1CCCC[C@@H]1C(=O)N1CC[C@@H]2[C@H](C3C=CC=CC3)Nc3ccccc3[C@@H]21. The monoisotopic (exact) mass is 547 g/mol. The zero-order chi connectivity index (χ0) is 27.3. The number of benzene rings is 1. The fourth-order valence-electron chi connectivity index (χ4n) is 7.66. The third-order valence-electron chi connectivity index (χ3n) is 9.71. The van der Waals surface area contributed by atoms with Crippen molar-refractivity contribution in [1.29, 1.82) is 0 Å². The van der Waals surface area contributed by atoms with E-state index in [0.29, 0.717) is 24.4 Å². The van der Waals surface area contributed by atoms with Gasteiger partial charge in [-0.25, -0.2) is 4.79 Å². The molecule has 5 aliphatic rings. The van der Waals surface area contributed by atoms with Crippen LogP contribution < -0.4 is 16.0 Å². The average Bonchev–Trinajstić information content (AvgIpc) is 3.45. The van der Waals surface area contributed by atoms with E-state index >= 15 is 0 Å². The topological polar surface area (TPSA) is 85.9 Å². The Bertz CT molecular complexity index is 1100. The molecule has 0 spiro atoms. The number of likely N-dealkylation sites (tertiary alicyclic amines) is 1. The molecule has 6 atom stereocenters.